The average molecular weight is 286 g/mol. The van der Waals surface area contributed by atoms with Crippen LogP contribution < -0.4 is 5.32 Å². The zero-order valence-electron chi connectivity index (χ0n) is 11.8. The number of hydrogen-bond donors (Lipinski definition) is 1. The molecule has 2 rings (SSSR count). The van der Waals surface area contributed by atoms with Crippen LogP contribution in [0.2, 0.25) is 0 Å². The van der Waals surface area contributed by atoms with Crippen molar-refractivity contribution in [2.24, 2.45) is 0 Å². The molecule has 1 aromatic carbocycles. The minimum absolute atomic E-state index is 0.111. The average Bonchev–Trinajstić information content (AvgIpc) is 2.47. The van der Waals surface area contributed by atoms with Crippen molar-refractivity contribution in [3.05, 3.63) is 35.1 Å². The lowest BCUT2D eigenvalue weighted by atomic mass is 9.97. The highest BCUT2D eigenvalue weighted by Gasteiger charge is 2.28. The monoisotopic (exact) mass is 286 g/mol. The largest absolute Gasteiger partial charge is 0.314 e. The molecule has 1 atom stereocenters. The zero-order valence-corrected chi connectivity index (χ0v) is 11.8. The fraction of sp³-hybridized carbons (Fsp3) is 0.600. The fourth-order valence-corrected chi connectivity index (χ4v) is 2.75. The van der Waals surface area contributed by atoms with Gasteiger partial charge < -0.3 is 5.32 Å². The predicted molar refractivity (Wildman–Crippen MR) is 73.0 cm³/mol. The van der Waals surface area contributed by atoms with Gasteiger partial charge in [-0.05, 0) is 18.6 Å². The lowest BCUT2D eigenvalue weighted by Crippen LogP contribution is -2.45. The molecule has 1 aliphatic rings. The zero-order chi connectivity index (χ0) is 14.5. The van der Waals surface area contributed by atoms with Crippen LogP contribution >= 0.6 is 0 Å². The molecule has 5 heteroatoms. The van der Waals surface area contributed by atoms with Crippen LogP contribution in [0.25, 0.3) is 0 Å². The van der Waals surface area contributed by atoms with E-state index in [0.29, 0.717) is 6.42 Å². The predicted octanol–water partition coefficient (Wildman–Crippen LogP) is 3.24. The number of piperazine rings is 1. The molecule has 0 spiro atoms. The summed E-state index contributed by atoms with van der Waals surface area (Å²) in [5.41, 5.74) is -0.111. The first kappa shape index (κ1) is 15.3. The van der Waals surface area contributed by atoms with Crippen LogP contribution in [0.15, 0.2) is 12.1 Å². The third-order valence-corrected chi connectivity index (χ3v) is 3.84. The second kappa shape index (κ2) is 7.09. The molecule has 1 aliphatic heterocycles. The van der Waals surface area contributed by atoms with Crippen LogP contribution in [-0.4, -0.2) is 31.1 Å². The molecule has 0 saturated carbocycles. The Hall–Kier alpha value is -1.07. The lowest BCUT2D eigenvalue weighted by molar-refractivity contribution is 0.155. The normalized spacial score (nSPS) is 18.2. The van der Waals surface area contributed by atoms with E-state index in [4.69, 9.17) is 0 Å². The van der Waals surface area contributed by atoms with Crippen molar-refractivity contribution >= 4 is 0 Å². The molecule has 0 radical (unpaired) electrons. The van der Waals surface area contributed by atoms with Crippen LogP contribution in [0, 0.1) is 17.5 Å². The fourth-order valence-electron chi connectivity index (χ4n) is 2.75. The van der Waals surface area contributed by atoms with Crippen molar-refractivity contribution in [2.75, 3.05) is 26.2 Å². The number of nitrogens with zero attached hydrogens (tertiary/aromatic N) is 1. The summed E-state index contributed by atoms with van der Waals surface area (Å²) in [6.45, 7) is 5.07. The van der Waals surface area contributed by atoms with Gasteiger partial charge in [0.2, 0.25) is 0 Å². The van der Waals surface area contributed by atoms with Crippen molar-refractivity contribution < 1.29 is 13.2 Å². The van der Waals surface area contributed by atoms with Gasteiger partial charge in [0.15, 0.2) is 11.6 Å². The van der Waals surface area contributed by atoms with Crippen LogP contribution in [0.5, 0.6) is 0 Å². The number of benzene rings is 1. The van der Waals surface area contributed by atoms with E-state index >= 15 is 0 Å². The molecule has 2 nitrogen and oxygen atoms in total. The summed E-state index contributed by atoms with van der Waals surface area (Å²) in [5, 5.41) is 3.21. The highest BCUT2D eigenvalue weighted by atomic mass is 19.2. The van der Waals surface area contributed by atoms with E-state index in [0.717, 1.165) is 51.2 Å². The molecule has 0 unspecified atom stereocenters. The van der Waals surface area contributed by atoms with E-state index in [1.807, 2.05) is 11.8 Å². The van der Waals surface area contributed by atoms with E-state index < -0.39 is 17.5 Å². The van der Waals surface area contributed by atoms with Crippen molar-refractivity contribution in [1.29, 1.82) is 0 Å². The Kier molecular flexibility index (Phi) is 5.43. The lowest BCUT2D eigenvalue weighted by Gasteiger charge is -2.35. The standard InChI is InChI=1S/C15H21F3N2/c1-2-3-4-13(20-9-7-19-8-10-20)14-11(16)5-6-12(17)15(14)18/h5-6,13,19H,2-4,7-10H2,1H3/t13-/m1/s1. The van der Waals surface area contributed by atoms with Gasteiger partial charge in [-0.2, -0.15) is 0 Å². The Bertz CT molecular complexity index is 445. The Morgan fingerprint density at radius 3 is 2.45 bits per heavy atom. The molecule has 112 valence electrons. The molecule has 0 amide bonds. The Morgan fingerprint density at radius 1 is 1.15 bits per heavy atom. The van der Waals surface area contributed by atoms with Gasteiger partial charge in [-0.15, -0.1) is 0 Å². The van der Waals surface area contributed by atoms with Gasteiger partial charge in [0.05, 0.1) is 0 Å². The SMILES string of the molecule is CCCC[C@H](c1c(F)ccc(F)c1F)N1CCNCC1. The summed E-state index contributed by atoms with van der Waals surface area (Å²) in [4.78, 5) is 2.05. The van der Waals surface area contributed by atoms with Gasteiger partial charge in [0, 0.05) is 37.8 Å². The second-order valence-electron chi connectivity index (χ2n) is 5.20. The molecular formula is C15H21F3N2. The number of nitrogens with one attached hydrogen (secondary N) is 1. The number of unbranched alkanes of at least 4 members (excludes halogenated alkanes) is 1. The smallest absolute Gasteiger partial charge is 0.166 e. The molecule has 1 N–H and O–H groups in total. The molecule has 0 bridgehead atoms. The van der Waals surface area contributed by atoms with E-state index in [9.17, 15) is 13.2 Å². The third kappa shape index (κ3) is 3.33. The van der Waals surface area contributed by atoms with Gasteiger partial charge in [-0.25, -0.2) is 13.2 Å². The molecule has 0 aromatic heterocycles. The summed E-state index contributed by atoms with van der Waals surface area (Å²) in [7, 11) is 0. The summed E-state index contributed by atoms with van der Waals surface area (Å²) < 4.78 is 41.5. The minimum Gasteiger partial charge on any atom is -0.314 e. The summed E-state index contributed by atoms with van der Waals surface area (Å²) in [6, 6.07) is 1.49. The van der Waals surface area contributed by atoms with Gasteiger partial charge in [-0.1, -0.05) is 19.8 Å². The number of hydrogen-bond acceptors (Lipinski definition) is 2. The maximum absolute atomic E-state index is 14.0. The Morgan fingerprint density at radius 2 is 1.80 bits per heavy atom. The van der Waals surface area contributed by atoms with Gasteiger partial charge >= 0.3 is 0 Å². The number of rotatable bonds is 5. The van der Waals surface area contributed by atoms with Crippen molar-refractivity contribution in [1.82, 2.24) is 10.2 Å². The molecule has 20 heavy (non-hydrogen) atoms. The van der Waals surface area contributed by atoms with Crippen molar-refractivity contribution in [2.45, 2.75) is 32.2 Å². The second-order valence-corrected chi connectivity index (χ2v) is 5.20. The van der Waals surface area contributed by atoms with Crippen LogP contribution in [0.4, 0.5) is 13.2 Å². The molecule has 1 fully saturated rings. The highest BCUT2D eigenvalue weighted by Crippen LogP contribution is 2.31. The van der Waals surface area contributed by atoms with Gasteiger partial charge in [0.1, 0.15) is 5.82 Å². The molecule has 1 aromatic rings. The topological polar surface area (TPSA) is 15.3 Å². The quantitative estimate of drug-likeness (QED) is 0.836. The van der Waals surface area contributed by atoms with Gasteiger partial charge in [-0.3, -0.25) is 4.90 Å². The molecule has 1 saturated heterocycles. The minimum atomic E-state index is -1.04. The van der Waals surface area contributed by atoms with Crippen LogP contribution in [0.3, 0.4) is 0 Å². The van der Waals surface area contributed by atoms with E-state index in [-0.39, 0.29) is 11.6 Å². The first-order valence-corrected chi connectivity index (χ1v) is 7.23. The Balaban J connectivity index is 2.32. The first-order chi connectivity index (χ1) is 9.65. The summed E-state index contributed by atoms with van der Waals surface area (Å²) in [5.74, 6) is -2.66. The maximum Gasteiger partial charge on any atom is 0.166 e. The molecule has 1 heterocycles. The van der Waals surface area contributed by atoms with Crippen molar-refractivity contribution in [3.63, 3.8) is 0 Å². The Labute approximate surface area is 118 Å². The highest BCUT2D eigenvalue weighted by molar-refractivity contribution is 5.25. The summed E-state index contributed by atoms with van der Waals surface area (Å²) >= 11 is 0. The summed E-state index contributed by atoms with van der Waals surface area (Å²) in [6.07, 6.45) is 2.46. The molecular weight excluding hydrogens is 265 g/mol. The van der Waals surface area contributed by atoms with Gasteiger partial charge in [0.25, 0.3) is 0 Å². The maximum atomic E-state index is 14.0. The van der Waals surface area contributed by atoms with E-state index in [1.165, 1.54) is 0 Å². The molecule has 0 aliphatic carbocycles. The van der Waals surface area contributed by atoms with Crippen LogP contribution in [0.1, 0.15) is 37.8 Å². The van der Waals surface area contributed by atoms with Crippen molar-refractivity contribution in [3.8, 4) is 0 Å². The van der Waals surface area contributed by atoms with E-state index in [2.05, 4.69) is 5.32 Å². The number of halogens is 3. The van der Waals surface area contributed by atoms with Crippen LogP contribution in [-0.2, 0) is 0 Å². The first-order valence-electron chi connectivity index (χ1n) is 7.23. The third-order valence-electron chi connectivity index (χ3n) is 3.84. The van der Waals surface area contributed by atoms with E-state index in [1.54, 1.807) is 0 Å².